The van der Waals surface area contributed by atoms with Crippen LogP contribution in [-0.2, 0) is 4.74 Å². The van der Waals surface area contributed by atoms with Gasteiger partial charge in [-0.25, -0.2) is 9.78 Å². The van der Waals surface area contributed by atoms with Gasteiger partial charge in [0.15, 0.2) is 5.13 Å². The van der Waals surface area contributed by atoms with Crippen LogP contribution in [0, 0.1) is 0 Å². The molecule has 0 saturated carbocycles. The van der Waals surface area contributed by atoms with E-state index in [2.05, 4.69) is 15.4 Å². The molecule has 130 valence electrons. The molecule has 3 rings (SSSR count). The van der Waals surface area contributed by atoms with Crippen molar-refractivity contribution in [2.45, 2.75) is 26.8 Å². The number of esters is 1. The zero-order valence-electron chi connectivity index (χ0n) is 14.1. The van der Waals surface area contributed by atoms with E-state index in [0.29, 0.717) is 28.5 Å². The number of rotatable bonds is 5. The molecule has 8 heteroatoms. The van der Waals surface area contributed by atoms with Crippen LogP contribution in [-0.4, -0.2) is 33.2 Å². The first-order valence-corrected chi connectivity index (χ1v) is 8.73. The lowest BCUT2D eigenvalue weighted by atomic mass is 10.2. The van der Waals surface area contributed by atoms with Gasteiger partial charge in [0.1, 0.15) is 5.69 Å². The van der Waals surface area contributed by atoms with E-state index < -0.39 is 0 Å². The van der Waals surface area contributed by atoms with Crippen molar-refractivity contribution in [3.63, 3.8) is 0 Å². The van der Waals surface area contributed by atoms with Crippen molar-refractivity contribution >= 4 is 38.6 Å². The Bertz CT molecular complexity index is 929. The van der Waals surface area contributed by atoms with E-state index in [4.69, 9.17) is 4.74 Å². The first kappa shape index (κ1) is 17.1. The molecule has 7 nitrogen and oxygen atoms in total. The molecule has 0 radical (unpaired) electrons. The smallest absolute Gasteiger partial charge is 0.338 e. The first-order valence-electron chi connectivity index (χ1n) is 7.92. The number of amides is 1. The first-order chi connectivity index (χ1) is 12.0. The van der Waals surface area contributed by atoms with E-state index in [1.807, 2.05) is 13.8 Å². The van der Waals surface area contributed by atoms with Crippen LogP contribution in [0.15, 0.2) is 30.5 Å². The van der Waals surface area contributed by atoms with Crippen molar-refractivity contribution in [3.05, 3.63) is 41.7 Å². The Labute approximate surface area is 148 Å². The Morgan fingerprint density at radius 3 is 2.84 bits per heavy atom. The molecule has 0 spiro atoms. The third-order valence-electron chi connectivity index (χ3n) is 3.51. The average molecular weight is 358 g/mol. The Balaban J connectivity index is 1.83. The maximum absolute atomic E-state index is 12.5. The molecule has 2 aromatic heterocycles. The highest BCUT2D eigenvalue weighted by Gasteiger charge is 2.16. The quantitative estimate of drug-likeness (QED) is 0.706. The fraction of sp³-hybridized carbons (Fsp3) is 0.294. The van der Waals surface area contributed by atoms with Crippen molar-refractivity contribution in [2.75, 3.05) is 11.9 Å². The standard InChI is InChI=1S/C17H18N4O3S/c1-4-24-16(23)11-5-6-12-14(9-11)25-17(19-12)20-15(22)13-7-8-18-21(13)10(2)3/h5-10H,4H2,1-3H3,(H,19,20,22). The van der Waals surface area contributed by atoms with Gasteiger partial charge in [-0.1, -0.05) is 11.3 Å². The number of ether oxygens (including phenoxy) is 1. The van der Waals surface area contributed by atoms with Crippen LogP contribution in [0.1, 0.15) is 47.7 Å². The highest BCUT2D eigenvalue weighted by Crippen LogP contribution is 2.27. The van der Waals surface area contributed by atoms with Gasteiger partial charge >= 0.3 is 5.97 Å². The summed E-state index contributed by atoms with van der Waals surface area (Å²) in [6.45, 7) is 6.00. The molecule has 25 heavy (non-hydrogen) atoms. The maximum Gasteiger partial charge on any atom is 0.338 e. The number of nitrogens with one attached hydrogen (secondary N) is 1. The normalized spacial score (nSPS) is 11.0. The molecule has 0 bridgehead atoms. The maximum atomic E-state index is 12.5. The summed E-state index contributed by atoms with van der Waals surface area (Å²) < 4.78 is 7.46. The summed E-state index contributed by atoms with van der Waals surface area (Å²) in [5, 5.41) is 7.42. The number of carbonyl (C=O) groups excluding carboxylic acids is 2. The number of aromatic nitrogens is 3. The van der Waals surface area contributed by atoms with Crippen molar-refractivity contribution in [1.82, 2.24) is 14.8 Å². The molecule has 3 aromatic rings. The molecule has 1 N–H and O–H groups in total. The SMILES string of the molecule is CCOC(=O)c1ccc2nc(NC(=O)c3ccnn3C(C)C)sc2c1. The van der Waals surface area contributed by atoms with Crippen molar-refractivity contribution in [3.8, 4) is 0 Å². The molecule has 0 aliphatic rings. The van der Waals surface area contributed by atoms with Gasteiger partial charge in [-0.2, -0.15) is 5.10 Å². The molecule has 0 fully saturated rings. The zero-order valence-corrected chi connectivity index (χ0v) is 15.0. The summed E-state index contributed by atoms with van der Waals surface area (Å²) in [4.78, 5) is 28.7. The highest BCUT2D eigenvalue weighted by molar-refractivity contribution is 7.22. The lowest BCUT2D eigenvalue weighted by Gasteiger charge is -2.09. The molecule has 0 atom stereocenters. The van der Waals surface area contributed by atoms with Crippen molar-refractivity contribution < 1.29 is 14.3 Å². The molecule has 0 unspecified atom stereocenters. The Morgan fingerprint density at radius 1 is 1.32 bits per heavy atom. The molecule has 0 aliphatic heterocycles. The number of carbonyl (C=O) groups is 2. The van der Waals surface area contributed by atoms with Crippen LogP contribution in [0.2, 0.25) is 0 Å². The predicted molar refractivity (Wildman–Crippen MR) is 96.1 cm³/mol. The Kier molecular flexibility index (Phi) is 4.80. The number of thiazole rings is 1. The molecular formula is C17H18N4O3S. The van der Waals surface area contributed by atoms with E-state index in [-0.39, 0.29) is 17.9 Å². The van der Waals surface area contributed by atoms with Crippen molar-refractivity contribution in [2.24, 2.45) is 0 Å². The third-order valence-corrected chi connectivity index (χ3v) is 4.45. The molecule has 1 amide bonds. The van der Waals surface area contributed by atoms with E-state index in [1.54, 1.807) is 42.1 Å². The summed E-state index contributed by atoms with van der Waals surface area (Å²) >= 11 is 1.31. The second kappa shape index (κ2) is 7.02. The summed E-state index contributed by atoms with van der Waals surface area (Å²) in [5.41, 5.74) is 1.65. The van der Waals surface area contributed by atoms with Gasteiger partial charge in [0.2, 0.25) is 0 Å². The number of benzene rings is 1. The summed E-state index contributed by atoms with van der Waals surface area (Å²) in [6, 6.07) is 6.88. The summed E-state index contributed by atoms with van der Waals surface area (Å²) in [6.07, 6.45) is 1.60. The monoisotopic (exact) mass is 358 g/mol. The van der Waals surface area contributed by atoms with Crippen LogP contribution in [0.5, 0.6) is 0 Å². The zero-order chi connectivity index (χ0) is 18.0. The van der Waals surface area contributed by atoms with Gasteiger partial charge in [-0.05, 0) is 45.0 Å². The van der Waals surface area contributed by atoms with Crippen LogP contribution in [0.4, 0.5) is 5.13 Å². The number of fused-ring (bicyclic) bond motifs is 1. The van der Waals surface area contributed by atoms with Gasteiger partial charge in [0.25, 0.3) is 5.91 Å². The van der Waals surface area contributed by atoms with E-state index in [0.717, 1.165) is 4.70 Å². The number of hydrogen-bond donors (Lipinski definition) is 1. The van der Waals surface area contributed by atoms with Crippen LogP contribution < -0.4 is 5.32 Å². The number of anilines is 1. The van der Waals surface area contributed by atoms with E-state index >= 15 is 0 Å². The fourth-order valence-corrected chi connectivity index (χ4v) is 3.29. The minimum absolute atomic E-state index is 0.0817. The van der Waals surface area contributed by atoms with Gasteiger partial charge in [-0.15, -0.1) is 0 Å². The molecule has 2 heterocycles. The predicted octanol–water partition coefficient (Wildman–Crippen LogP) is 3.50. The number of nitrogens with zero attached hydrogens (tertiary/aromatic N) is 3. The Morgan fingerprint density at radius 2 is 2.12 bits per heavy atom. The topological polar surface area (TPSA) is 86.1 Å². The lowest BCUT2D eigenvalue weighted by Crippen LogP contribution is -2.18. The minimum atomic E-state index is -0.371. The van der Waals surface area contributed by atoms with Gasteiger partial charge in [0, 0.05) is 12.2 Å². The van der Waals surface area contributed by atoms with Gasteiger partial charge in [-0.3, -0.25) is 14.8 Å². The molecule has 1 aromatic carbocycles. The third kappa shape index (κ3) is 3.53. The largest absolute Gasteiger partial charge is 0.462 e. The minimum Gasteiger partial charge on any atom is -0.462 e. The van der Waals surface area contributed by atoms with Gasteiger partial charge in [0.05, 0.1) is 22.4 Å². The van der Waals surface area contributed by atoms with Crippen LogP contribution >= 0.6 is 11.3 Å². The van der Waals surface area contributed by atoms with Gasteiger partial charge < -0.3 is 4.74 Å². The molecule has 0 saturated heterocycles. The second-order valence-corrected chi connectivity index (χ2v) is 6.66. The summed E-state index contributed by atoms with van der Waals surface area (Å²) in [7, 11) is 0. The van der Waals surface area contributed by atoms with E-state index in [1.165, 1.54) is 11.3 Å². The lowest BCUT2D eigenvalue weighted by molar-refractivity contribution is 0.0526. The molecule has 0 aliphatic carbocycles. The fourth-order valence-electron chi connectivity index (χ4n) is 2.39. The van der Waals surface area contributed by atoms with E-state index in [9.17, 15) is 9.59 Å². The number of hydrogen-bond acceptors (Lipinski definition) is 6. The van der Waals surface area contributed by atoms with Crippen molar-refractivity contribution in [1.29, 1.82) is 0 Å². The average Bonchev–Trinajstić information content (AvgIpc) is 3.20. The molecular weight excluding hydrogens is 340 g/mol. The van der Waals surface area contributed by atoms with Crippen LogP contribution in [0.25, 0.3) is 10.2 Å². The highest BCUT2D eigenvalue weighted by atomic mass is 32.1. The summed E-state index contributed by atoms with van der Waals surface area (Å²) in [5.74, 6) is -0.639. The second-order valence-electron chi connectivity index (χ2n) is 5.63. The van der Waals surface area contributed by atoms with Crippen LogP contribution in [0.3, 0.4) is 0 Å². The Hall–Kier alpha value is -2.74.